The molecule has 458 valence electrons. The minimum absolute atomic E-state index is 0.000867. The highest BCUT2D eigenvalue weighted by Gasteiger charge is 2.41. The van der Waals surface area contributed by atoms with Crippen molar-refractivity contribution in [3.63, 3.8) is 0 Å². The molecule has 5 aromatic rings. The van der Waals surface area contributed by atoms with Crippen molar-refractivity contribution in [2.24, 2.45) is 17.3 Å². The fourth-order valence-corrected chi connectivity index (χ4v) is 13.6. The topological polar surface area (TPSA) is 6.48 Å². The van der Waals surface area contributed by atoms with Gasteiger partial charge in [0.25, 0.3) is 0 Å². The number of hydrogen-bond acceptors (Lipinski definition) is 2. The fourth-order valence-electron chi connectivity index (χ4n) is 13.6. The second-order valence-electron chi connectivity index (χ2n) is 29.0. The third-order valence-corrected chi connectivity index (χ3v) is 18.8. The molecule has 2 heteroatoms. The molecule has 0 saturated heterocycles. The van der Waals surface area contributed by atoms with Gasteiger partial charge >= 0.3 is 0 Å². The molecule has 3 unspecified atom stereocenters. The van der Waals surface area contributed by atoms with Crippen LogP contribution in [0.4, 0.5) is 17.1 Å². The van der Waals surface area contributed by atoms with Crippen molar-refractivity contribution in [2.45, 2.75) is 137 Å². The number of benzene rings is 5. The molecule has 90 heavy (non-hydrogen) atoms. The van der Waals surface area contributed by atoms with Crippen LogP contribution in [-0.2, 0) is 16.2 Å². The number of fused-ring (bicyclic) bond motifs is 3. The molecule has 5 aliphatic carbocycles. The van der Waals surface area contributed by atoms with Crippen molar-refractivity contribution in [1.82, 2.24) is 0 Å². The van der Waals surface area contributed by atoms with Crippen LogP contribution >= 0.6 is 0 Å². The Morgan fingerprint density at radius 2 is 1.18 bits per heavy atom. The van der Waals surface area contributed by atoms with Crippen LogP contribution in [-0.4, -0.2) is 0 Å². The van der Waals surface area contributed by atoms with Crippen LogP contribution < -0.4 is 20.2 Å². The Balaban J connectivity index is 1.25. The minimum Gasteiger partial charge on any atom is -0.337 e. The van der Waals surface area contributed by atoms with Crippen LogP contribution in [0.25, 0.3) is 16.8 Å². The Hall–Kier alpha value is -8.72. The van der Waals surface area contributed by atoms with Crippen LogP contribution in [0.2, 0.25) is 0 Å². The Kier molecular flexibility index (Phi) is 18.8. The maximum atomic E-state index is 5.14. The van der Waals surface area contributed by atoms with Gasteiger partial charge < -0.3 is 9.80 Å². The summed E-state index contributed by atoms with van der Waals surface area (Å²) in [5, 5.41) is 2.30. The van der Waals surface area contributed by atoms with Gasteiger partial charge in [0.05, 0.1) is 11.7 Å². The summed E-state index contributed by atoms with van der Waals surface area (Å²) in [4.78, 5) is 5.13. The first kappa shape index (κ1) is 64.3. The second-order valence-corrected chi connectivity index (χ2v) is 29.0. The van der Waals surface area contributed by atoms with E-state index in [1.807, 2.05) is 12.2 Å². The van der Waals surface area contributed by atoms with E-state index in [1.54, 1.807) is 0 Å². The summed E-state index contributed by atoms with van der Waals surface area (Å²) >= 11 is 0. The quantitative estimate of drug-likeness (QED) is 0.0761. The SMILES string of the molecule is C=CCC1C(=C)C(N(c2ccc(C(C)(C)C)cc2)c2ccc(C(C)(C)C)cc2)=c2ccccc2=C1/C=C/C(=C\C(=C)C1=C(C=C)/C(C=C)=C\C=C\CC\C=C\1)C1=C2C=CC=CC2C(N(C2=CC=C(C(C)(C)C)CC2)c2ccc(C(C)(C)C)cc2)c2ccccc21. The molecule has 0 radical (unpaired) electrons. The fraction of sp³-hybridized carbons (Fsp3) is 0.273. The molecule has 0 heterocycles. The van der Waals surface area contributed by atoms with Gasteiger partial charge in [0, 0.05) is 39.8 Å². The van der Waals surface area contributed by atoms with E-state index in [4.69, 9.17) is 13.2 Å². The van der Waals surface area contributed by atoms with Gasteiger partial charge in [-0.05, 0) is 186 Å². The number of allylic oxidation sites excluding steroid dienone is 24. The lowest BCUT2D eigenvalue weighted by Crippen LogP contribution is -2.40. The van der Waals surface area contributed by atoms with Gasteiger partial charge in [-0.2, -0.15) is 0 Å². The van der Waals surface area contributed by atoms with Crippen molar-refractivity contribution in [3.8, 4) is 0 Å². The van der Waals surface area contributed by atoms with E-state index in [9.17, 15) is 0 Å². The molecule has 0 amide bonds. The van der Waals surface area contributed by atoms with Gasteiger partial charge in [-0.3, -0.25) is 0 Å². The normalized spacial score (nSPS) is 21.1. The zero-order valence-corrected chi connectivity index (χ0v) is 56.1. The third-order valence-electron chi connectivity index (χ3n) is 18.8. The van der Waals surface area contributed by atoms with Crippen molar-refractivity contribution >= 4 is 33.9 Å². The standard InChI is InChI=1S/C88H96N2/c1-18-32-74-61(5)83(89(68-50-42-64(43-51-68)85(6,7)8)69-52-44-65(45-53-69)86(9,10)11)79-38-29-26-35-75(79)76(74)58-41-63(59-60(4)73-34-25-23-21-22-24-33-62(19-2)72(73)20-3)82-77-36-27-30-39-80(77)84(81-40-31-28-37-78(81)82)90(70-54-46-66(47-55-70)87(12,13)14)71-56-48-67(49-57-71)88(15,16)17/h18-20,22,24-31,33-48,50-56,58-59,74,80,84H,1-5,21,23,32,49,57H2,6-17H3/b24-22+,34-25+,58-41+,62-33-,63-59+,73-72+. The average Bonchev–Trinajstić information content (AvgIpc) is 0.749. The van der Waals surface area contributed by atoms with Crippen LogP contribution in [0.1, 0.15) is 149 Å². The summed E-state index contributed by atoms with van der Waals surface area (Å²) < 4.78 is 0. The van der Waals surface area contributed by atoms with E-state index in [2.05, 4.69) is 325 Å². The largest absolute Gasteiger partial charge is 0.337 e. The highest BCUT2D eigenvalue weighted by Crippen LogP contribution is 2.53. The molecule has 5 aromatic carbocycles. The van der Waals surface area contributed by atoms with Crippen LogP contribution in [0.5, 0.6) is 0 Å². The predicted octanol–water partition coefficient (Wildman–Crippen LogP) is 22.4. The molecule has 5 aliphatic rings. The number of rotatable bonds is 15. The Morgan fingerprint density at radius 1 is 0.589 bits per heavy atom. The van der Waals surface area contributed by atoms with Crippen LogP contribution in [0, 0.1) is 17.3 Å². The molecule has 0 aromatic heterocycles. The lowest BCUT2D eigenvalue weighted by Gasteiger charge is -2.45. The van der Waals surface area contributed by atoms with E-state index in [1.165, 1.54) is 66.7 Å². The molecule has 0 aliphatic heterocycles. The van der Waals surface area contributed by atoms with Gasteiger partial charge in [0.15, 0.2) is 0 Å². The highest BCUT2D eigenvalue weighted by atomic mass is 15.2. The van der Waals surface area contributed by atoms with E-state index < -0.39 is 0 Å². The Morgan fingerprint density at radius 3 is 1.74 bits per heavy atom. The summed E-state index contributed by atoms with van der Waals surface area (Å²) in [6.07, 6.45) is 42.8. The van der Waals surface area contributed by atoms with Gasteiger partial charge in [0.2, 0.25) is 0 Å². The summed E-state index contributed by atoms with van der Waals surface area (Å²) in [5.41, 5.74) is 23.4. The molecular weight excluding hydrogens is 1080 g/mol. The van der Waals surface area contributed by atoms with Gasteiger partial charge in [0.1, 0.15) is 0 Å². The molecule has 0 saturated carbocycles. The molecule has 0 N–H and O–H groups in total. The molecule has 2 nitrogen and oxygen atoms in total. The number of nitrogens with zero attached hydrogens (tertiary/aromatic N) is 2. The molecular formula is C88H96N2. The zero-order chi connectivity index (χ0) is 64.3. The third kappa shape index (κ3) is 13.4. The first-order chi connectivity index (χ1) is 42.9. The van der Waals surface area contributed by atoms with Crippen LogP contribution in [0.15, 0.2) is 308 Å². The smallest absolute Gasteiger partial charge is 0.0697 e. The van der Waals surface area contributed by atoms with Crippen molar-refractivity contribution in [2.75, 3.05) is 9.80 Å². The number of anilines is 3. The maximum absolute atomic E-state index is 5.14. The Bertz CT molecular complexity index is 4060. The summed E-state index contributed by atoms with van der Waals surface area (Å²) in [6.45, 7) is 50.9. The summed E-state index contributed by atoms with van der Waals surface area (Å²) in [7, 11) is 0. The van der Waals surface area contributed by atoms with Crippen molar-refractivity contribution in [1.29, 1.82) is 0 Å². The predicted molar refractivity (Wildman–Crippen MR) is 392 cm³/mol. The van der Waals surface area contributed by atoms with E-state index in [0.29, 0.717) is 6.42 Å². The van der Waals surface area contributed by atoms with Crippen molar-refractivity contribution < 1.29 is 0 Å². The molecule has 0 fully saturated rings. The highest BCUT2D eigenvalue weighted by molar-refractivity contribution is 5.94. The molecule has 3 atom stereocenters. The monoisotopic (exact) mass is 1180 g/mol. The molecule has 0 bridgehead atoms. The lowest BCUT2D eigenvalue weighted by atomic mass is 9.70. The average molecular weight is 1180 g/mol. The van der Waals surface area contributed by atoms with Gasteiger partial charge in [-0.15, -0.1) is 6.58 Å². The number of hydrogen-bond donors (Lipinski definition) is 0. The minimum atomic E-state index is -0.108. The maximum Gasteiger partial charge on any atom is 0.0697 e. The van der Waals surface area contributed by atoms with Crippen molar-refractivity contribution in [3.05, 3.63) is 346 Å². The first-order valence-corrected chi connectivity index (χ1v) is 32.7. The zero-order valence-electron chi connectivity index (χ0n) is 56.1. The second kappa shape index (κ2) is 26.4. The molecule has 10 rings (SSSR count). The Labute approximate surface area is 541 Å². The summed E-state index contributed by atoms with van der Waals surface area (Å²) in [6, 6.07) is 45.9. The first-order valence-electron chi connectivity index (χ1n) is 32.7. The van der Waals surface area contributed by atoms with E-state index in [0.717, 1.165) is 81.4 Å². The van der Waals surface area contributed by atoms with Gasteiger partial charge in [-0.1, -0.05) is 291 Å². The van der Waals surface area contributed by atoms with E-state index in [-0.39, 0.29) is 39.5 Å². The summed E-state index contributed by atoms with van der Waals surface area (Å²) in [5.74, 6) is -0.127. The van der Waals surface area contributed by atoms with Gasteiger partial charge in [-0.25, -0.2) is 0 Å². The van der Waals surface area contributed by atoms with Crippen LogP contribution in [0.3, 0.4) is 0 Å². The lowest BCUT2D eigenvalue weighted by molar-refractivity contribution is 0.474. The molecule has 0 spiro atoms. The van der Waals surface area contributed by atoms with E-state index >= 15 is 0 Å².